The fourth-order valence-electron chi connectivity index (χ4n) is 5.30. The molecule has 0 saturated heterocycles. The zero-order valence-electron chi connectivity index (χ0n) is 21.3. The lowest BCUT2D eigenvalue weighted by molar-refractivity contribution is -0.124. The van der Waals surface area contributed by atoms with Crippen molar-refractivity contribution in [3.8, 4) is 0 Å². The molecule has 2 aliphatic carbocycles. The molecule has 3 unspecified atom stereocenters. The van der Waals surface area contributed by atoms with Gasteiger partial charge < -0.3 is 10.8 Å². The molecule has 2 aliphatic rings. The average Bonchev–Trinajstić information content (AvgIpc) is 3.04. The Hall–Kier alpha value is -2.23. The highest BCUT2D eigenvalue weighted by Gasteiger charge is 2.45. The molecule has 0 aromatic heterocycles. The lowest BCUT2D eigenvalue weighted by Crippen LogP contribution is -2.21. The number of hydrogen-bond acceptors (Lipinski definition) is 3. The van der Waals surface area contributed by atoms with Crippen LogP contribution in [0.1, 0.15) is 76.5 Å². The van der Waals surface area contributed by atoms with E-state index in [0.29, 0.717) is 24.2 Å². The summed E-state index contributed by atoms with van der Waals surface area (Å²) >= 11 is 0. The molecule has 3 nitrogen and oxygen atoms in total. The van der Waals surface area contributed by atoms with E-state index in [1.165, 1.54) is 33.4 Å². The maximum absolute atomic E-state index is 13.6. The first-order chi connectivity index (χ1) is 15.7. The Morgan fingerprint density at radius 2 is 1.88 bits per heavy atom. The van der Waals surface area contributed by atoms with Crippen LogP contribution in [0.25, 0.3) is 0 Å². The topological polar surface area (TPSA) is 63.3 Å². The molecular weight excluding hydrogens is 418 g/mol. The molecule has 0 radical (unpaired) electrons. The number of fused-ring (bicyclic) bond motifs is 1. The van der Waals surface area contributed by atoms with Gasteiger partial charge in [0, 0.05) is 18.9 Å². The quantitative estimate of drug-likeness (QED) is 0.392. The summed E-state index contributed by atoms with van der Waals surface area (Å²) in [5.41, 5.74) is 14.7. The summed E-state index contributed by atoms with van der Waals surface area (Å²) in [7, 11) is 1.00. The molecule has 3 N–H and O–H groups in total. The maximum atomic E-state index is 13.6. The minimum absolute atomic E-state index is 0. The van der Waals surface area contributed by atoms with Crippen LogP contribution >= 0.6 is 0 Å². The third kappa shape index (κ3) is 6.90. The van der Waals surface area contributed by atoms with Gasteiger partial charge in [-0.1, -0.05) is 74.9 Å². The van der Waals surface area contributed by atoms with Crippen LogP contribution in [0.3, 0.4) is 0 Å². The van der Waals surface area contributed by atoms with Gasteiger partial charge in [-0.15, -0.1) is 6.58 Å². The maximum Gasteiger partial charge on any atom is 0.144 e. The minimum Gasteiger partial charge on any atom is -0.400 e. The van der Waals surface area contributed by atoms with E-state index in [1.807, 2.05) is 0 Å². The molecule has 3 rings (SSSR count). The van der Waals surface area contributed by atoms with Gasteiger partial charge in [-0.2, -0.15) is 0 Å². The van der Waals surface area contributed by atoms with Gasteiger partial charge in [-0.05, 0) is 86.6 Å². The van der Waals surface area contributed by atoms with Gasteiger partial charge in [0.15, 0.2) is 0 Å². The summed E-state index contributed by atoms with van der Waals surface area (Å²) in [5.74, 6) is 1.15. The number of Topliss-reactive ketones (excluding diaryl/α,β-unsaturated/α-hetero) is 1. The molecule has 1 saturated carbocycles. The van der Waals surface area contributed by atoms with Crippen molar-refractivity contribution >= 4 is 5.78 Å². The van der Waals surface area contributed by atoms with Crippen molar-refractivity contribution in [1.29, 1.82) is 0 Å². The number of rotatable bonds is 9. The molecule has 34 heavy (non-hydrogen) atoms. The van der Waals surface area contributed by atoms with Crippen LogP contribution in [0.2, 0.25) is 0 Å². The molecule has 0 spiro atoms. The van der Waals surface area contributed by atoms with Crippen molar-refractivity contribution in [2.24, 2.45) is 23.5 Å². The summed E-state index contributed by atoms with van der Waals surface area (Å²) in [5, 5.41) is 7.00. The van der Waals surface area contributed by atoms with Gasteiger partial charge in [-0.3, -0.25) is 4.79 Å². The minimum atomic E-state index is -0.0371. The predicted octanol–water partition coefficient (Wildman–Crippen LogP) is 6.85. The van der Waals surface area contributed by atoms with E-state index in [1.54, 1.807) is 0 Å². The van der Waals surface area contributed by atoms with Crippen molar-refractivity contribution in [3.63, 3.8) is 0 Å². The Bertz CT molecular complexity index is 935. The van der Waals surface area contributed by atoms with Crippen LogP contribution in [0.15, 0.2) is 65.8 Å². The SMILES string of the molecule is C.C=C(C)CCC(=C)C1=CCC2C(=C1)C(CCN)C(=O)C2Cc1cc(C)ccc1C(C)C.CO. The summed E-state index contributed by atoms with van der Waals surface area (Å²) in [6, 6.07) is 6.71. The number of ketones is 1. The highest BCUT2D eigenvalue weighted by molar-refractivity contribution is 5.91. The van der Waals surface area contributed by atoms with Crippen molar-refractivity contribution in [2.75, 3.05) is 13.7 Å². The lowest BCUT2D eigenvalue weighted by Gasteiger charge is -2.25. The fourth-order valence-corrected chi connectivity index (χ4v) is 5.30. The Balaban J connectivity index is 0.00000188. The van der Waals surface area contributed by atoms with Gasteiger partial charge in [0.05, 0.1) is 0 Å². The smallest absolute Gasteiger partial charge is 0.144 e. The first-order valence-corrected chi connectivity index (χ1v) is 12.2. The second-order valence-corrected chi connectivity index (χ2v) is 9.91. The first-order valence-electron chi connectivity index (χ1n) is 12.2. The number of carbonyl (C=O) groups excluding carboxylic acids is 1. The van der Waals surface area contributed by atoms with E-state index in [2.05, 4.69) is 71.2 Å². The summed E-state index contributed by atoms with van der Waals surface area (Å²) in [6.45, 7) is 17.5. The molecule has 0 aliphatic heterocycles. The molecular formula is C31H47NO2. The monoisotopic (exact) mass is 465 g/mol. The van der Waals surface area contributed by atoms with E-state index in [-0.39, 0.29) is 19.3 Å². The number of allylic oxidation sites excluding steroid dienone is 6. The summed E-state index contributed by atoms with van der Waals surface area (Å²) < 4.78 is 0. The number of carbonyl (C=O) groups is 1. The Morgan fingerprint density at radius 1 is 1.21 bits per heavy atom. The third-order valence-corrected chi connectivity index (χ3v) is 7.02. The van der Waals surface area contributed by atoms with Crippen LogP contribution in [0.5, 0.6) is 0 Å². The van der Waals surface area contributed by atoms with Crippen LogP contribution in [-0.4, -0.2) is 24.5 Å². The van der Waals surface area contributed by atoms with Crippen LogP contribution in [-0.2, 0) is 11.2 Å². The van der Waals surface area contributed by atoms with Gasteiger partial charge in [0.25, 0.3) is 0 Å². The second kappa shape index (κ2) is 13.6. The van der Waals surface area contributed by atoms with Gasteiger partial charge in [0.2, 0.25) is 0 Å². The standard InChI is InChI=1S/C29H39NO.CH4O.CH4/c1-18(2)7-9-21(6)22-10-12-25-27(16-22)26(13-14-30)29(31)28(25)17-23-15-20(5)8-11-24(23)19(3)4;1-2;/h8,10-11,15-16,19,25-26,28H,1,6-7,9,12-14,17,30H2,2-5H3;2H,1H3;1H4. The first kappa shape index (κ1) is 29.8. The normalized spacial score (nSPS) is 21.1. The van der Waals surface area contributed by atoms with E-state index in [0.717, 1.165) is 44.8 Å². The molecule has 0 amide bonds. The van der Waals surface area contributed by atoms with Gasteiger partial charge in [0.1, 0.15) is 5.78 Å². The number of aliphatic hydroxyl groups excluding tert-OH is 1. The molecule has 1 aromatic carbocycles. The molecule has 188 valence electrons. The molecule has 1 fully saturated rings. The number of aryl methyl sites for hydroxylation is 1. The average molecular weight is 466 g/mol. The molecule has 1 aromatic rings. The molecule has 0 heterocycles. The van der Waals surface area contributed by atoms with Crippen molar-refractivity contribution in [3.05, 3.63) is 82.5 Å². The highest BCUT2D eigenvalue weighted by atomic mass is 16.2. The Morgan fingerprint density at radius 3 is 2.47 bits per heavy atom. The van der Waals surface area contributed by atoms with Crippen molar-refractivity contribution in [1.82, 2.24) is 0 Å². The number of aliphatic hydroxyl groups is 1. The Labute approximate surface area is 208 Å². The largest absolute Gasteiger partial charge is 0.400 e. The molecule has 0 bridgehead atoms. The number of benzene rings is 1. The summed E-state index contributed by atoms with van der Waals surface area (Å²) in [6.07, 6.45) is 8.96. The predicted molar refractivity (Wildman–Crippen MR) is 147 cm³/mol. The fraction of sp³-hybridized carbons (Fsp3) is 0.516. The Kier molecular flexibility index (Phi) is 11.9. The van der Waals surface area contributed by atoms with Crippen molar-refractivity contribution < 1.29 is 9.90 Å². The van der Waals surface area contributed by atoms with E-state index >= 15 is 0 Å². The van der Waals surface area contributed by atoms with E-state index in [9.17, 15) is 4.79 Å². The number of hydrogen-bond donors (Lipinski definition) is 2. The van der Waals surface area contributed by atoms with Gasteiger partial charge in [-0.25, -0.2) is 0 Å². The third-order valence-electron chi connectivity index (χ3n) is 7.02. The molecule has 3 heteroatoms. The second-order valence-electron chi connectivity index (χ2n) is 9.91. The van der Waals surface area contributed by atoms with Crippen LogP contribution < -0.4 is 5.73 Å². The van der Waals surface area contributed by atoms with Gasteiger partial charge >= 0.3 is 0 Å². The lowest BCUT2D eigenvalue weighted by atomic mass is 9.79. The zero-order chi connectivity index (χ0) is 24.7. The van der Waals surface area contributed by atoms with Crippen LogP contribution in [0.4, 0.5) is 0 Å². The molecule has 3 atom stereocenters. The van der Waals surface area contributed by atoms with Crippen LogP contribution in [0, 0.1) is 24.7 Å². The summed E-state index contributed by atoms with van der Waals surface area (Å²) in [4.78, 5) is 13.6. The van der Waals surface area contributed by atoms with E-state index in [4.69, 9.17) is 10.8 Å². The van der Waals surface area contributed by atoms with Crippen molar-refractivity contribution in [2.45, 2.75) is 73.1 Å². The zero-order valence-corrected chi connectivity index (χ0v) is 21.3. The highest BCUT2D eigenvalue weighted by Crippen LogP contribution is 2.47. The van der Waals surface area contributed by atoms with E-state index < -0.39 is 0 Å². The number of nitrogens with two attached hydrogens (primary N) is 1.